The molecule has 0 radical (unpaired) electrons. The number of amides is 2. The molecule has 6 heteroatoms. The third kappa shape index (κ3) is 7.34. The number of piperidine rings is 1. The van der Waals surface area contributed by atoms with Crippen molar-refractivity contribution in [1.29, 1.82) is 0 Å². The van der Waals surface area contributed by atoms with Crippen LogP contribution < -0.4 is 15.5 Å². The normalized spacial score (nSPS) is 14.4. The van der Waals surface area contributed by atoms with Crippen LogP contribution in [0.2, 0.25) is 0 Å². The number of ether oxygens (including phenoxy) is 1. The van der Waals surface area contributed by atoms with Crippen molar-refractivity contribution in [3.05, 3.63) is 59.3 Å². The van der Waals surface area contributed by atoms with Gasteiger partial charge >= 0.3 is 6.03 Å². The Morgan fingerprint density at radius 2 is 1.70 bits per heavy atom. The maximum absolute atomic E-state index is 12.2. The van der Waals surface area contributed by atoms with Gasteiger partial charge in [0.1, 0.15) is 5.82 Å². The van der Waals surface area contributed by atoms with E-state index in [1.165, 1.54) is 19.3 Å². The summed E-state index contributed by atoms with van der Waals surface area (Å²) < 4.78 is 5.82. The minimum Gasteiger partial charge on any atom is -0.371 e. The second-order valence-electron chi connectivity index (χ2n) is 8.83. The third-order valence-electron chi connectivity index (χ3n) is 5.06. The van der Waals surface area contributed by atoms with Crippen LogP contribution in [0.3, 0.4) is 0 Å². The summed E-state index contributed by atoms with van der Waals surface area (Å²) in [6, 6.07) is 12.0. The number of nitrogens with zero attached hydrogens (tertiary/aromatic N) is 2. The van der Waals surface area contributed by atoms with Crippen LogP contribution in [0.5, 0.6) is 0 Å². The van der Waals surface area contributed by atoms with Gasteiger partial charge in [-0.1, -0.05) is 30.3 Å². The molecule has 0 bridgehead atoms. The molecule has 0 unspecified atom stereocenters. The average Bonchev–Trinajstić information content (AvgIpc) is 2.76. The van der Waals surface area contributed by atoms with Crippen molar-refractivity contribution < 1.29 is 9.53 Å². The predicted molar refractivity (Wildman–Crippen MR) is 120 cm³/mol. The minimum atomic E-state index is -0.188. The van der Waals surface area contributed by atoms with E-state index in [4.69, 9.17) is 4.74 Å². The first-order valence-corrected chi connectivity index (χ1v) is 10.8. The van der Waals surface area contributed by atoms with Gasteiger partial charge in [-0.3, -0.25) is 0 Å². The van der Waals surface area contributed by atoms with E-state index in [-0.39, 0.29) is 11.6 Å². The number of anilines is 1. The van der Waals surface area contributed by atoms with Gasteiger partial charge in [-0.05, 0) is 62.8 Å². The fraction of sp³-hybridized carbons (Fsp3) is 0.500. The van der Waals surface area contributed by atoms with Crippen molar-refractivity contribution in [2.45, 2.75) is 65.3 Å². The molecule has 1 aliphatic heterocycles. The molecular weight excluding hydrogens is 376 g/mol. The first-order valence-electron chi connectivity index (χ1n) is 10.8. The Bertz CT molecular complexity index is 809. The summed E-state index contributed by atoms with van der Waals surface area (Å²) in [6.07, 6.45) is 5.63. The molecule has 3 rings (SSSR count). The van der Waals surface area contributed by atoms with Crippen LogP contribution in [-0.4, -0.2) is 29.7 Å². The van der Waals surface area contributed by atoms with E-state index in [1.54, 1.807) is 0 Å². The summed E-state index contributed by atoms with van der Waals surface area (Å²) >= 11 is 0. The molecule has 0 saturated carbocycles. The summed E-state index contributed by atoms with van der Waals surface area (Å²) in [5, 5.41) is 5.81. The Morgan fingerprint density at radius 1 is 1.00 bits per heavy atom. The number of urea groups is 1. The molecule has 2 heterocycles. The van der Waals surface area contributed by atoms with Crippen LogP contribution in [0.15, 0.2) is 42.6 Å². The Labute approximate surface area is 180 Å². The second kappa shape index (κ2) is 10.4. The first-order chi connectivity index (χ1) is 14.4. The van der Waals surface area contributed by atoms with E-state index in [9.17, 15) is 4.79 Å². The van der Waals surface area contributed by atoms with Gasteiger partial charge in [-0.15, -0.1) is 0 Å². The average molecular weight is 411 g/mol. The van der Waals surface area contributed by atoms with E-state index in [0.717, 1.165) is 35.6 Å². The highest BCUT2D eigenvalue weighted by atomic mass is 16.5. The molecule has 1 aromatic heterocycles. The van der Waals surface area contributed by atoms with Gasteiger partial charge in [0.2, 0.25) is 0 Å². The first kappa shape index (κ1) is 22.1. The van der Waals surface area contributed by atoms with E-state index in [0.29, 0.717) is 19.7 Å². The molecule has 2 aromatic rings. The summed E-state index contributed by atoms with van der Waals surface area (Å²) in [7, 11) is 0. The number of hydrogen-bond donors (Lipinski definition) is 2. The topological polar surface area (TPSA) is 66.5 Å². The van der Waals surface area contributed by atoms with E-state index in [1.807, 2.05) is 57.3 Å². The molecule has 2 N–H and O–H groups in total. The quantitative estimate of drug-likeness (QED) is 0.711. The zero-order chi connectivity index (χ0) is 21.4. The van der Waals surface area contributed by atoms with E-state index in [2.05, 4.69) is 26.6 Å². The molecule has 0 spiro atoms. The zero-order valence-electron chi connectivity index (χ0n) is 18.4. The molecular formula is C24H34N4O2. The molecule has 0 atom stereocenters. The lowest BCUT2D eigenvalue weighted by atomic mass is 10.1. The Hall–Kier alpha value is -2.60. The summed E-state index contributed by atoms with van der Waals surface area (Å²) in [6.45, 7) is 9.77. The summed E-state index contributed by atoms with van der Waals surface area (Å²) in [5.41, 5.74) is 2.97. The van der Waals surface area contributed by atoms with Crippen LogP contribution in [0.4, 0.5) is 10.6 Å². The predicted octanol–water partition coefficient (Wildman–Crippen LogP) is 4.39. The van der Waals surface area contributed by atoms with Crippen molar-refractivity contribution in [2.75, 3.05) is 18.0 Å². The third-order valence-corrected chi connectivity index (χ3v) is 5.06. The van der Waals surface area contributed by atoms with Crippen molar-refractivity contribution >= 4 is 11.8 Å². The number of aromatic nitrogens is 1. The van der Waals surface area contributed by atoms with Crippen LogP contribution >= 0.6 is 0 Å². The monoisotopic (exact) mass is 410 g/mol. The molecule has 1 saturated heterocycles. The second-order valence-corrected chi connectivity index (χ2v) is 8.83. The zero-order valence-corrected chi connectivity index (χ0v) is 18.4. The number of carbonyl (C=O) groups is 1. The van der Waals surface area contributed by atoms with Crippen molar-refractivity contribution in [1.82, 2.24) is 15.6 Å². The molecule has 1 aromatic carbocycles. The summed E-state index contributed by atoms with van der Waals surface area (Å²) in [5.74, 6) is 1.03. The number of hydrogen-bond acceptors (Lipinski definition) is 4. The van der Waals surface area contributed by atoms with Crippen LogP contribution in [-0.2, 0) is 24.4 Å². The molecule has 2 amide bonds. The van der Waals surface area contributed by atoms with Crippen molar-refractivity contribution in [3.63, 3.8) is 0 Å². The number of benzene rings is 1. The Morgan fingerprint density at radius 3 is 2.37 bits per heavy atom. The number of carbonyl (C=O) groups excluding carboxylic acids is 1. The van der Waals surface area contributed by atoms with Crippen LogP contribution in [0.1, 0.15) is 56.7 Å². The van der Waals surface area contributed by atoms with Crippen LogP contribution in [0, 0.1) is 0 Å². The largest absolute Gasteiger partial charge is 0.371 e. The van der Waals surface area contributed by atoms with Gasteiger partial charge < -0.3 is 20.3 Å². The fourth-order valence-electron chi connectivity index (χ4n) is 3.39. The molecule has 1 fully saturated rings. The number of rotatable bonds is 7. The molecule has 162 valence electrons. The SMILES string of the molecule is CC(C)(C)OCc1cccc(CNC(=O)NCc2ccc(N3CCCCC3)nc2)c1. The highest BCUT2D eigenvalue weighted by Crippen LogP contribution is 2.17. The smallest absolute Gasteiger partial charge is 0.315 e. The van der Waals surface area contributed by atoms with Gasteiger partial charge in [0.05, 0.1) is 12.2 Å². The molecule has 1 aliphatic rings. The molecule has 0 aliphatic carbocycles. The Kier molecular flexibility index (Phi) is 7.69. The maximum Gasteiger partial charge on any atom is 0.315 e. The Balaban J connectivity index is 1.41. The van der Waals surface area contributed by atoms with Gasteiger partial charge in [-0.25, -0.2) is 9.78 Å². The fourth-order valence-corrected chi connectivity index (χ4v) is 3.39. The van der Waals surface area contributed by atoms with Crippen molar-refractivity contribution in [3.8, 4) is 0 Å². The minimum absolute atomic E-state index is 0.172. The highest BCUT2D eigenvalue weighted by molar-refractivity contribution is 5.73. The lowest BCUT2D eigenvalue weighted by molar-refractivity contribution is -0.0149. The van der Waals surface area contributed by atoms with E-state index < -0.39 is 0 Å². The molecule has 30 heavy (non-hydrogen) atoms. The van der Waals surface area contributed by atoms with Gasteiger partial charge in [0.25, 0.3) is 0 Å². The van der Waals surface area contributed by atoms with Gasteiger partial charge in [-0.2, -0.15) is 0 Å². The van der Waals surface area contributed by atoms with E-state index >= 15 is 0 Å². The maximum atomic E-state index is 12.2. The van der Waals surface area contributed by atoms with Gasteiger partial charge in [0, 0.05) is 32.4 Å². The standard InChI is InChI=1S/C24H34N4O2/c1-24(2,3)30-18-20-9-7-8-19(14-20)15-26-23(29)27-17-21-10-11-22(25-16-21)28-12-5-4-6-13-28/h7-11,14,16H,4-6,12-13,15,17-18H2,1-3H3,(H2,26,27,29). The van der Waals surface area contributed by atoms with Gasteiger partial charge in [0.15, 0.2) is 0 Å². The lowest BCUT2D eigenvalue weighted by Gasteiger charge is -2.27. The lowest BCUT2D eigenvalue weighted by Crippen LogP contribution is -2.34. The highest BCUT2D eigenvalue weighted by Gasteiger charge is 2.12. The number of nitrogens with one attached hydrogen (secondary N) is 2. The number of pyridine rings is 1. The molecule has 6 nitrogen and oxygen atoms in total. The van der Waals surface area contributed by atoms with Crippen molar-refractivity contribution in [2.24, 2.45) is 0 Å². The summed E-state index contributed by atoms with van der Waals surface area (Å²) in [4.78, 5) is 19.1. The van der Waals surface area contributed by atoms with Crippen LogP contribution in [0.25, 0.3) is 0 Å².